The Bertz CT molecular complexity index is 1500. The summed E-state index contributed by atoms with van der Waals surface area (Å²) in [5.74, 6) is -3.97. The summed E-state index contributed by atoms with van der Waals surface area (Å²) in [6.45, 7) is -0.760. The molecule has 7 rings (SSSR count). The molecule has 4 fully saturated rings. The van der Waals surface area contributed by atoms with Crippen molar-refractivity contribution in [1.29, 1.82) is 0 Å². The van der Waals surface area contributed by atoms with E-state index in [4.69, 9.17) is 28.4 Å². The zero-order valence-electron chi connectivity index (χ0n) is 25.5. The van der Waals surface area contributed by atoms with Gasteiger partial charge in [0.15, 0.2) is 0 Å². The molecule has 6 aliphatic rings. The maximum Gasteiger partial charge on any atom is 0.241 e. The highest BCUT2D eigenvalue weighted by atomic mass is 16.7. The molecule has 10 unspecified atom stereocenters. The number of ether oxygens (including phenoxy) is 6. The first-order chi connectivity index (χ1) is 22.5. The third-order valence-electron chi connectivity index (χ3n) is 9.70. The molecule has 6 heterocycles. The first-order valence-electron chi connectivity index (χ1n) is 15.4. The third-order valence-corrected chi connectivity index (χ3v) is 9.70. The van der Waals surface area contributed by atoms with Crippen molar-refractivity contribution in [1.82, 2.24) is 4.90 Å². The predicted molar refractivity (Wildman–Crippen MR) is 156 cm³/mol. The van der Waals surface area contributed by atoms with Gasteiger partial charge in [-0.1, -0.05) is 24.3 Å². The van der Waals surface area contributed by atoms with Gasteiger partial charge >= 0.3 is 0 Å². The zero-order valence-corrected chi connectivity index (χ0v) is 25.5. The minimum Gasteiger partial charge on any atom is -0.508 e. The summed E-state index contributed by atoms with van der Waals surface area (Å²) in [5.41, 5.74) is -1.81. The van der Waals surface area contributed by atoms with Crippen molar-refractivity contribution in [2.24, 2.45) is 23.7 Å². The second-order valence-corrected chi connectivity index (χ2v) is 12.8. The summed E-state index contributed by atoms with van der Waals surface area (Å²) < 4.78 is 34.0. The van der Waals surface area contributed by atoms with Crippen LogP contribution in [-0.4, -0.2) is 133 Å². The van der Waals surface area contributed by atoms with Crippen LogP contribution < -0.4 is 4.90 Å². The number of fused-ring (bicyclic) bond motifs is 10. The van der Waals surface area contributed by atoms with Crippen LogP contribution in [0.5, 0.6) is 5.75 Å². The van der Waals surface area contributed by atoms with Crippen LogP contribution >= 0.6 is 0 Å². The normalized spacial score (nSPS) is 35.9. The van der Waals surface area contributed by atoms with Gasteiger partial charge in [0.25, 0.3) is 0 Å². The monoisotopic (exact) mass is 656 g/mol. The van der Waals surface area contributed by atoms with Crippen LogP contribution in [0, 0.1) is 23.7 Å². The Hall–Kier alpha value is -3.54. The molecule has 1 aromatic carbocycles. The Morgan fingerprint density at radius 2 is 1.21 bits per heavy atom. The Labute approximate surface area is 269 Å². The van der Waals surface area contributed by atoms with Crippen molar-refractivity contribution in [3.63, 3.8) is 0 Å². The number of carbonyl (C=O) groups is 4. The number of aliphatic hydroxyl groups excluding tert-OH is 2. The van der Waals surface area contributed by atoms with E-state index in [-0.39, 0.29) is 69.9 Å². The molecule has 0 aromatic heterocycles. The van der Waals surface area contributed by atoms with E-state index < -0.39 is 65.2 Å². The number of phenols is 1. The summed E-state index contributed by atoms with van der Waals surface area (Å²) in [4.78, 5) is 53.8. The average molecular weight is 657 g/mol. The van der Waals surface area contributed by atoms with Gasteiger partial charge in [-0.05, 0) is 24.3 Å². The van der Waals surface area contributed by atoms with Crippen LogP contribution in [0.1, 0.15) is 0 Å². The largest absolute Gasteiger partial charge is 0.508 e. The van der Waals surface area contributed by atoms with E-state index in [0.29, 0.717) is 5.69 Å². The number of hydrogen-bond acceptors (Lipinski definition) is 13. The molecule has 10 atom stereocenters. The molecule has 0 spiro atoms. The van der Waals surface area contributed by atoms with E-state index in [1.54, 1.807) is 24.3 Å². The Balaban J connectivity index is 0.796. The number of rotatable bonds is 15. The maximum absolute atomic E-state index is 13.4. The van der Waals surface area contributed by atoms with Gasteiger partial charge in [-0.15, -0.1) is 0 Å². The van der Waals surface area contributed by atoms with Gasteiger partial charge in [-0.2, -0.15) is 0 Å². The second-order valence-electron chi connectivity index (χ2n) is 12.8. The third kappa shape index (κ3) is 5.31. The number of benzene rings is 1. The van der Waals surface area contributed by atoms with Crippen molar-refractivity contribution in [3.8, 4) is 5.75 Å². The molecule has 6 aliphatic heterocycles. The molecular formula is C32H36N2O13. The van der Waals surface area contributed by atoms with Crippen LogP contribution in [-0.2, 0) is 47.6 Å². The molecule has 252 valence electrons. The highest BCUT2D eigenvalue weighted by molar-refractivity contribution is 6.23. The molecule has 4 bridgehead atoms. The fourth-order valence-corrected chi connectivity index (χ4v) is 7.57. The number of hydrogen-bond donors (Lipinski definition) is 3. The predicted octanol–water partition coefficient (Wildman–Crippen LogP) is -1.11. The quantitative estimate of drug-likeness (QED) is 0.0893. The van der Waals surface area contributed by atoms with Crippen LogP contribution in [0.15, 0.2) is 48.6 Å². The molecule has 47 heavy (non-hydrogen) atoms. The molecule has 4 saturated heterocycles. The van der Waals surface area contributed by atoms with Gasteiger partial charge in [0.05, 0.1) is 81.2 Å². The van der Waals surface area contributed by atoms with Crippen LogP contribution in [0.4, 0.5) is 5.69 Å². The lowest BCUT2D eigenvalue weighted by Crippen LogP contribution is -2.44. The van der Waals surface area contributed by atoms with E-state index in [9.17, 15) is 34.5 Å². The second kappa shape index (κ2) is 12.2. The van der Waals surface area contributed by atoms with E-state index >= 15 is 0 Å². The average Bonchev–Trinajstić information content (AvgIpc) is 3.88. The molecular weight excluding hydrogens is 620 g/mol. The van der Waals surface area contributed by atoms with Crippen LogP contribution in [0.2, 0.25) is 0 Å². The number of aromatic hydroxyl groups is 1. The van der Waals surface area contributed by atoms with Gasteiger partial charge < -0.3 is 43.7 Å². The summed E-state index contributed by atoms with van der Waals surface area (Å²) in [5, 5.41) is 30.2. The zero-order chi connectivity index (χ0) is 33.1. The summed E-state index contributed by atoms with van der Waals surface area (Å²) in [7, 11) is 1.46. The van der Waals surface area contributed by atoms with Gasteiger partial charge in [-0.3, -0.25) is 24.1 Å². The lowest BCUT2D eigenvalue weighted by molar-refractivity contribution is -0.145. The Morgan fingerprint density at radius 1 is 0.723 bits per heavy atom. The number of amides is 4. The molecule has 0 radical (unpaired) electrons. The first-order valence-corrected chi connectivity index (χ1v) is 15.4. The fraction of sp³-hybridized carbons (Fsp3) is 0.562. The molecule has 0 saturated carbocycles. The standard InChI is InChI=1S/C32H36N2O13/c1-33-27(38)23-21-6-8-31(46-21,25(23)29(33)40)14-42-10-19(36)12-44-16-45-13-20(37)11-43-15-32-9-7-22(47-32)24-26(32)30(41)34(28(24)39)17-2-4-18(35)5-3-17/h2-9,19-26,35-37H,10-16H2,1H3. The van der Waals surface area contributed by atoms with E-state index in [1.165, 1.54) is 31.3 Å². The minimum absolute atomic E-state index is 0.000897. The smallest absolute Gasteiger partial charge is 0.241 e. The van der Waals surface area contributed by atoms with Crippen LogP contribution in [0.3, 0.4) is 0 Å². The summed E-state index contributed by atoms with van der Waals surface area (Å²) in [6.07, 6.45) is 3.97. The number of phenolic OH excluding ortho intramolecular Hbond substituents is 1. The number of carbonyl (C=O) groups excluding carboxylic acids is 4. The molecule has 3 N–H and O–H groups in total. The van der Waals surface area contributed by atoms with Crippen molar-refractivity contribution in [2.45, 2.75) is 35.6 Å². The maximum atomic E-state index is 13.4. The van der Waals surface area contributed by atoms with Gasteiger partial charge in [0.2, 0.25) is 23.6 Å². The van der Waals surface area contributed by atoms with Crippen molar-refractivity contribution >= 4 is 29.3 Å². The molecule has 1 aromatic rings. The lowest BCUT2D eigenvalue weighted by atomic mass is 9.77. The summed E-state index contributed by atoms with van der Waals surface area (Å²) in [6, 6.07) is 5.82. The molecule has 0 aliphatic carbocycles. The Morgan fingerprint density at radius 3 is 1.77 bits per heavy atom. The minimum atomic E-state index is -1.14. The molecule has 15 heteroatoms. The highest BCUT2D eigenvalue weighted by Gasteiger charge is 2.68. The van der Waals surface area contributed by atoms with Crippen molar-refractivity contribution in [2.75, 3.05) is 58.4 Å². The first kappa shape index (κ1) is 32.0. The number of likely N-dealkylation sites (tertiary alicyclic amines) is 1. The number of aliphatic hydroxyl groups is 2. The van der Waals surface area contributed by atoms with Gasteiger partial charge in [0, 0.05) is 7.05 Å². The van der Waals surface area contributed by atoms with E-state index in [2.05, 4.69) is 0 Å². The fourth-order valence-electron chi connectivity index (χ4n) is 7.57. The SMILES string of the molecule is CN1C(=O)C2C3C=CC(COCC(O)COCOCC(O)COCC45C=CC(O4)C4C(=O)N(c6ccc(O)cc6)C(=O)C45)(O3)C2C1=O. The van der Waals surface area contributed by atoms with E-state index in [0.717, 1.165) is 9.80 Å². The number of anilines is 1. The highest BCUT2D eigenvalue weighted by Crippen LogP contribution is 2.53. The van der Waals surface area contributed by atoms with Gasteiger partial charge in [0.1, 0.15) is 36.0 Å². The number of imide groups is 2. The van der Waals surface area contributed by atoms with E-state index in [1.807, 2.05) is 0 Å². The summed E-state index contributed by atoms with van der Waals surface area (Å²) >= 11 is 0. The lowest BCUT2D eigenvalue weighted by Gasteiger charge is -2.29. The van der Waals surface area contributed by atoms with Crippen LogP contribution in [0.25, 0.3) is 0 Å². The molecule has 15 nitrogen and oxygen atoms in total. The van der Waals surface area contributed by atoms with Crippen molar-refractivity contribution in [3.05, 3.63) is 48.6 Å². The topological polar surface area (TPSA) is 191 Å². The van der Waals surface area contributed by atoms with Gasteiger partial charge in [-0.25, -0.2) is 4.90 Å². The molecule has 4 amide bonds. The van der Waals surface area contributed by atoms with Crippen molar-refractivity contribution < 1.29 is 62.9 Å². The Kier molecular flexibility index (Phi) is 8.29. The number of nitrogens with zero attached hydrogens (tertiary/aromatic N) is 2.